The van der Waals surface area contributed by atoms with Crippen LogP contribution in [0.4, 0.5) is 14.9 Å². The van der Waals surface area contributed by atoms with Gasteiger partial charge in [-0.25, -0.2) is 14.0 Å². The standard InChI is InChI=1S/C69H120FN3O28/c1-69(2,3)101-68(76)72-9-7-71(8-10-72)65-58-64-61(57-63(65)70)66(74)62(59-73(64)60-5-6-60)67(75)100-56-55-99-54-53-98-52-51-97-50-49-96-48-47-95-46-45-94-44-43-93-42-41-92-40-39-91-38-37-90-36-35-89-34-33-88-32-31-87-30-29-86-28-27-85-26-25-84-24-23-83-22-21-82-20-19-81-18-17-80-16-15-79-14-13-78-12-11-77-4/h57-60H,5-56H2,1-4H3. The topological polar surface area (TPSA) is 293 Å². The predicted molar refractivity (Wildman–Crippen MR) is 367 cm³/mol. The predicted octanol–water partition coefficient (Wildman–Crippen LogP) is 3.70. The lowest BCUT2D eigenvalue weighted by Gasteiger charge is -2.37. The van der Waals surface area contributed by atoms with Crippen molar-refractivity contribution in [2.75, 3.05) is 342 Å². The van der Waals surface area contributed by atoms with Gasteiger partial charge in [-0.3, -0.25) is 4.79 Å². The van der Waals surface area contributed by atoms with Gasteiger partial charge in [0, 0.05) is 50.9 Å². The molecule has 0 N–H and O–H groups in total. The molecule has 4 rings (SSSR count). The summed E-state index contributed by atoms with van der Waals surface area (Å²) in [6.45, 7) is 27.5. The first-order chi connectivity index (χ1) is 49.6. The maximum atomic E-state index is 15.7. The number of halogens is 1. The fourth-order valence-corrected chi connectivity index (χ4v) is 8.99. The van der Waals surface area contributed by atoms with Crippen LogP contribution in [0.1, 0.15) is 50.0 Å². The van der Waals surface area contributed by atoms with Gasteiger partial charge in [0.25, 0.3) is 0 Å². The number of hydrogen-bond donors (Lipinski definition) is 0. The zero-order chi connectivity index (χ0) is 72.0. The van der Waals surface area contributed by atoms with E-state index in [1.165, 1.54) is 12.3 Å². The molecular formula is C69H120FN3O28. The number of benzene rings is 1. The highest BCUT2D eigenvalue weighted by Gasteiger charge is 2.31. The highest BCUT2D eigenvalue weighted by Crippen LogP contribution is 2.38. The number of anilines is 1. The number of pyridine rings is 1. The number of methoxy groups -OCH3 is 1. The Morgan fingerprint density at radius 1 is 0.386 bits per heavy atom. The molecule has 2 aromatic rings. The first-order valence-electron chi connectivity index (χ1n) is 35.6. The fourth-order valence-electron chi connectivity index (χ4n) is 8.99. The smallest absolute Gasteiger partial charge is 0.410 e. The number of carbonyl (C=O) groups excluding carboxylic acids is 2. The van der Waals surface area contributed by atoms with Crippen LogP contribution in [-0.2, 0) is 118 Å². The molecule has 31 nitrogen and oxygen atoms in total. The van der Waals surface area contributed by atoms with E-state index >= 15 is 4.39 Å². The molecule has 0 unspecified atom stereocenters. The second kappa shape index (κ2) is 62.2. The zero-order valence-corrected chi connectivity index (χ0v) is 60.7. The van der Waals surface area contributed by atoms with Gasteiger partial charge < -0.3 is 133 Å². The van der Waals surface area contributed by atoms with E-state index in [0.29, 0.717) is 321 Å². The first-order valence-corrected chi connectivity index (χ1v) is 35.6. The summed E-state index contributed by atoms with van der Waals surface area (Å²) >= 11 is 0. The molecule has 101 heavy (non-hydrogen) atoms. The van der Waals surface area contributed by atoms with E-state index in [1.807, 2.05) is 30.2 Å². The SMILES string of the molecule is COCCOCCOCCOCCOCCOCCOCCOCCOCCOCCOCCOCCOCCOCCOCCOCCOCCOCCOCCOCCOCCOCCOCCOC(=O)c1cn(C2CC2)c2cc(N3CCN(C(=O)OC(C)(C)C)CC3)c(F)cc2c1=O. The third kappa shape index (κ3) is 47.9. The molecule has 32 heteroatoms. The molecule has 1 aliphatic heterocycles. The zero-order valence-electron chi connectivity index (χ0n) is 60.7. The normalized spacial score (nSPS) is 13.6. The van der Waals surface area contributed by atoms with E-state index in [1.54, 1.807) is 18.1 Å². The number of ether oxygens (including phenoxy) is 25. The molecule has 0 radical (unpaired) electrons. The molecule has 2 heterocycles. The Labute approximate surface area is 595 Å². The third-order valence-corrected chi connectivity index (χ3v) is 14.2. The summed E-state index contributed by atoms with van der Waals surface area (Å²) in [6.07, 6.45) is 2.85. The van der Waals surface area contributed by atoms with Crippen LogP contribution in [0.15, 0.2) is 23.1 Å². The Hall–Kier alpha value is -4.02. The minimum atomic E-state index is -0.799. The van der Waals surface area contributed by atoms with Crippen LogP contribution in [0.25, 0.3) is 10.9 Å². The third-order valence-electron chi connectivity index (χ3n) is 14.2. The Morgan fingerprint density at radius 3 is 0.891 bits per heavy atom. The lowest BCUT2D eigenvalue weighted by Crippen LogP contribution is -2.50. The van der Waals surface area contributed by atoms with Gasteiger partial charge in [-0.05, 0) is 45.7 Å². The van der Waals surface area contributed by atoms with Gasteiger partial charge in [0.1, 0.15) is 23.6 Å². The first kappa shape index (κ1) is 89.4. The maximum Gasteiger partial charge on any atom is 0.410 e. The van der Waals surface area contributed by atoms with Crippen molar-refractivity contribution in [1.82, 2.24) is 9.47 Å². The molecule has 1 saturated carbocycles. The van der Waals surface area contributed by atoms with Crippen molar-refractivity contribution in [3.05, 3.63) is 39.9 Å². The second-order valence-corrected chi connectivity index (χ2v) is 23.4. The van der Waals surface area contributed by atoms with Crippen molar-refractivity contribution in [2.24, 2.45) is 0 Å². The van der Waals surface area contributed by atoms with Crippen LogP contribution in [-0.4, -0.2) is 364 Å². The molecule has 0 atom stereocenters. The van der Waals surface area contributed by atoms with E-state index in [-0.39, 0.29) is 36.8 Å². The molecule has 1 aliphatic carbocycles. The summed E-state index contributed by atoms with van der Waals surface area (Å²) in [4.78, 5) is 42.7. The maximum absolute atomic E-state index is 15.7. The molecule has 2 fully saturated rings. The highest BCUT2D eigenvalue weighted by atomic mass is 19.1. The van der Waals surface area contributed by atoms with Gasteiger partial charge in [-0.2, -0.15) is 0 Å². The number of rotatable bonds is 72. The molecule has 0 spiro atoms. The van der Waals surface area contributed by atoms with Crippen molar-refractivity contribution in [2.45, 2.75) is 45.3 Å². The van der Waals surface area contributed by atoms with Crippen LogP contribution in [0.3, 0.4) is 0 Å². The molecule has 1 aromatic carbocycles. The van der Waals surface area contributed by atoms with E-state index in [0.717, 1.165) is 12.8 Å². The van der Waals surface area contributed by atoms with Crippen molar-refractivity contribution < 1.29 is 132 Å². The van der Waals surface area contributed by atoms with Crippen LogP contribution in [0.5, 0.6) is 0 Å². The fraction of sp³-hybridized carbons (Fsp3) is 0.841. The van der Waals surface area contributed by atoms with Crippen LogP contribution >= 0.6 is 0 Å². The molecule has 0 bridgehead atoms. The van der Waals surface area contributed by atoms with Gasteiger partial charge in [0.05, 0.1) is 309 Å². The average molecular weight is 1460 g/mol. The summed E-state index contributed by atoms with van der Waals surface area (Å²) in [7, 11) is 1.64. The Bertz CT molecular complexity index is 2350. The van der Waals surface area contributed by atoms with Crippen molar-refractivity contribution >= 4 is 28.7 Å². The molecule has 586 valence electrons. The Balaban J connectivity index is 0.758. The number of aromatic nitrogens is 1. The van der Waals surface area contributed by atoms with Gasteiger partial charge in [-0.1, -0.05) is 0 Å². The number of fused-ring (bicyclic) bond motifs is 1. The number of piperazine rings is 1. The highest BCUT2D eigenvalue weighted by molar-refractivity contribution is 5.94. The number of nitrogens with zero attached hydrogens (tertiary/aromatic N) is 3. The van der Waals surface area contributed by atoms with Crippen LogP contribution < -0.4 is 10.3 Å². The van der Waals surface area contributed by atoms with E-state index in [9.17, 15) is 14.4 Å². The van der Waals surface area contributed by atoms with Gasteiger partial charge >= 0.3 is 12.1 Å². The number of esters is 1. The quantitative estimate of drug-likeness (QED) is 0.0674. The minimum absolute atomic E-state index is 0.0761. The summed E-state index contributed by atoms with van der Waals surface area (Å²) in [5, 5.41) is 0.106. The molecule has 2 aliphatic rings. The largest absolute Gasteiger partial charge is 0.459 e. The number of carbonyl (C=O) groups is 2. The van der Waals surface area contributed by atoms with E-state index in [2.05, 4.69) is 0 Å². The number of amides is 1. The molecule has 1 aromatic heterocycles. The molecule has 1 amide bonds. The number of hydrogen-bond acceptors (Lipinski definition) is 29. The average Bonchev–Trinajstić information content (AvgIpc) is 1.74. The Morgan fingerprint density at radius 2 is 0.644 bits per heavy atom. The summed E-state index contributed by atoms with van der Waals surface area (Å²) in [5.74, 6) is -1.38. The van der Waals surface area contributed by atoms with Crippen molar-refractivity contribution in [3.8, 4) is 0 Å². The molecule has 1 saturated heterocycles. The van der Waals surface area contributed by atoms with Crippen LogP contribution in [0.2, 0.25) is 0 Å². The van der Waals surface area contributed by atoms with Crippen molar-refractivity contribution in [1.29, 1.82) is 0 Å². The summed E-state index contributed by atoms with van der Waals surface area (Å²) in [5.41, 5.74) is -0.498. The van der Waals surface area contributed by atoms with Gasteiger partial charge in [-0.15, -0.1) is 0 Å². The molecular weight excluding hydrogens is 1340 g/mol. The monoisotopic (exact) mass is 1460 g/mol. The summed E-state index contributed by atoms with van der Waals surface area (Å²) in [6, 6.07) is 2.95. The van der Waals surface area contributed by atoms with Gasteiger partial charge in [0.15, 0.2) is 0 Å². The second-order valence-electron chi connectivity index (χ2n) is 23.4. The Kier molecular flexibility index (Phi) is 55.0. The summed E-state index contributed by atoms with van der Waals surface area (Å²) < 4.78 is 155. The minimum Gasteiger partial charge on any atom is -0.459 e. The van der Waals surface area contributed by atoms with E-state index < -0.39 is 28.9 Å². The van der Waals surface area contributed by atoms with Gasteiger partial charge in [0.2, 0.25) is 5.43 Å². The van der Waals surface area contributed by atoms with E-state index in [4.69, 9.17) is 118 Å². The lowest BCUT2D eigenvalue weighted by molar-refractivity contribution is -0.0319. The lowest BCUT2D eigenvalue weighted by atomic mass is 10.1. The van der Waals surface area contributed by atoms with Crippen molar-refractivity contribution in [3.63, 3.8) is 0 Å². The van der Waals surface area contributed by atoms with Crippen LogP contribution in [0, 0.1) is 5.82 Å².